The van der Waals surface area contributed by atoms with Gasteiger partial charge in [0.2, 0.25) is 5.41 Å². The summed E-state index contributed by atoms with van der Waals surface area (Å²) in [6, 6.07) is 30.4. The van der Waals surface area contributed by atoms with Crippen LogP contribution in [-0.2, 0) is 5.41 Å². The molecule has 252 valence electrons. The van der Waals surface area contributed by atoms with Crippen LogP contribution in [0.3, 0.4) is 0 Å². The fourth-order valence-corrected chi connectivity index (χ4v) is 6.91. The van der Waals surface area contributed by atoms with Crippen LogP contribution in [0.1, 0.15) is 22.5 Å². The van der Waals surface area contributed by atoms with Gasteiger partial charge in [0.1, 0.15) is 0 Å². The molecule has 51 heavy (non-hydrogen) atoms. The lowest BCUT2D eigenvalue weighted by Gasteiger charge is -2.39. The van der Waals surface area contributed by atoms with Crippen LogP contribution in [0, 0.1) is 13.8 Å². The van der Waals surface area contributed by atoms with Crippen molar-refractivity contribution in [2.45, 2.75) is 31.6 Å². The third-order valence-electron chi connectivity index (χ3n) is 9.39. The van der Waals surface area contributed by atoms with Crippen molar-refractivity contribution in [2.24, 2.45) is 0 Å². The second kappa shape index (κ2) is 11.6. The van der Waals surface area contributed by atoms with Crippen molar-refractivity contribution in [3.63, 3.8) is 0 Å². The van der Waals surface area contributed by atoms with Crippen LogP contribution >= 0.6 is 0 Å². The lowest BCUT2D eigenvalue weighted by Crippen LogP contribution is -2.55. The van der Waals surface area contributed by atoms with Crippen molar-refractivity contribution in [1.29, 1.82) is 0 Å². The van der Waals surface area contributed by atoms with E-state index in [0.29, 0.717) is 44.4 Å². The van der Waals surface area contributed by atoms with Gasteiger partial charge in [-0.2, -0.15) is 26.3 Å². The van der Waals surface area contributed by atoms with Gasteiger partial charge in [0, 0.05) is 44.1 Å². The van der Waals surface area contributed by atoms with Crippen LogP contribution in [0.15, 0.2) is 121 Å². The molecule has 0 aliphatic carbocycles. The Morgan fingerprint density at radius 3 is 1.33 bits per heavy atom. The van der Waals surface area contributed by atoms with Crippen LogP contribution < -0.4 is 0 Å². The van der Waals surface area contributed by atoms with Gasteiger partial charge >= 0.3 is 12.4 Å². The predicted molar refractivity (Wildman–Crippen MR) is 187 cm³/mol. The zero-order chi connectivity index (χ0) is 35.7. The number of pyridine rings is 4. The number of fused-ring (bicyclic) bond motifs is 6. The monoisotopic (exact) mass is 688 g/mol. The molecule has 0 amide bonds. The van der Waals surface area contributed by atoms with Crippen LogP contribution in [0.25, 0.3) is 66.1 Å². The summed E-state index contributed by atoms with van der Waals surface area (Å²) in [6.45, 7) is 3.64. The first-order valence-corrected chi connectivity index (χ1v) is 16.0. The number of benzene rings is 4. The molecule has 0 aliphatic heterocycles. The second-order valence-corrected chi connectivity index (χ2v) is 12.6. The molecule has 0 N–H and O–H groups in total. The maximum atomic E-state index is 15.5. The zero-order valence-electron chi connectivity index (χ0n) is 27.1. The number of aromatic nitrogens is 4. The van der Waals surface area contributed by atoms with Gasteiger partial charge in [0.15, 0.2) is 0 Å². The molecule has 4 nitrogen and oxygen atoms in total. The number of halogens is 6. The molecular formula is C41H26F6N4. The fourth-order valence-electron chi connectivity index (χ4n) is 6.91. The number of rotatable bonds is 4. The van der Waals surface area contributed by atoms with Gasteiger partial charge in [0.05, 0.1) is 33.5 Å². The Hall–Kier alpha value is -5.90. The van der Waals surface area contributed by atoms with Gasteiger partial charge in [-0.25, -0.2) is 9.97 Å². The Morgan fingerprint density at radius 2 is 0.824 bits per heavy atom. The smallest absolute Gasteiger partial charge is 0.251 e. The summed E-state index contributed by atoms with van der Waals surface area (Å²) < 4.78 is 92.7. The van der Waals surface area contributed by atoms with E-state index in [1.54, 1.807) is 31.2 Å². The minimum atomic E-state index is -5.80. The summed E-state index contributed by atoms with van der Waals surface area (Å²) in [6.07, 6.45) is -11.6. The molecule has 4 aromatic carbocycles. The summed E-state index contributed by atoms with van der Waals surface area (Å²) in [7, 11) is 0. The highest BCUT2D eigenvalue weighted by Crippen LogP contribution is 2.58. The number of hydrogen-bond acceptors (Lipinski definition) is 4. The van der Waals surface area contributed by atoms with Gasteiger partial charge in [-0.1, -0.05) is 97.1 Å². The summed E-state index contributed by atoms with van der Waals surface area (Å²) in [5, 5.41) is 3.04. The molecule has 0 saturated heterocycles. The molecule has 0 radical (unpaired) electrons. The number of alkyl halides is 6. The van der Waals surface area contributed by atoms with E-state index in [0.717, 1.165) is 40.1 Å². The van der Waals surface area contributed by atoms with Crippen LogP contribution in [0.2, 0.25) is 0 Å². The summed E-state index contributed by atoms with van der Waals surface area (Å²) >= 11 is 0. The Labute approximate surface area is 287 Å². The third-order valence-corrected chi connectivity index (χ3v) is 9.39. The molecule has 0 aliphatic rings. The molecule has 4 heterocycles. The molecule has 4 aromatic heterocycles. The normalized spacial score (nSPS) is 12.7. The first-order valence-electron chi connectivity index (χ1n) is 16.0. The van der Waals surface area contributed by atoms with Crippen molar-refractivity contribution in [2.75, 3.05) is 0 Å². The minimum Gasteiger partial charge on any atom is -0.251 e. The highest BCUT2D eigenvalue weighted by atomic mass is 19.4. The summed E-state index contributed by atoms with van der Waals surface area (Å²) in [4.78, 5) is 18.6. The number of aryl methyl sites for hydroxylation is 2. The largest absolute Gasteiger partial charge is 0.411 e. The van der Waals surface area contributed by atoms with Crippen molar-refractivity contribution < 1.29 is 26.3 Å². The molecule has 0 unspecified atom stereocenters. The number of hydrogen-bond donors (Lipinski definition) is 0. The van der Waals surface area contributed by atoms with E-state index in [9.17, 15) is 0 Å². The Bertz CT molecular complexity index is 2630. The van der Waals surface area contributed by atoms with Crippen molar-refractivity contribution in [3.8, 4) is 22.5 Å². The van der Waals surface area contributed by atoms with E-state index < -0.39 is 28.9 Å². The van der Waals surface area contributed by atoms with E-state index in [-0.39, 0.29) is 11.3 Å². The first-order chi connectivity index (χ1) is 24.3. The lowest BCUT2D eigenvalue weighted by molar-refractivity contribution is -0.288. The van der Waals surface area contributed by atoms with Crippen LogP contribution in [0.4, 0.5) is 26.3 Å². The summed E-state index contributed by atoms with van der Waals surface area (Å²) in [5.41, 5.74) is -2.39. The van der Waals surface area contributed by atoms with Crippen molar-refractivity contribution in [3.05, 3.63) is 144 Å². The second-order valence-electron chi connectivity index (χ2n) is 12.6. The van der Waals surface area contributed by atoms with Crippen molar-refractivity contribution in [1.82, 2.24) is 19.9 Å². The van der Waals surface area contributed by atoms with E-state index in [1.807, 2.05) is 49.4 Å². The van der Waals surface area contributed by atoms with E-state index in [2.05, 4.69) is 15.0 Å². The van der Waals surface area contributed by atoms with Gasteiger partial charge in [-0.15, -0.1) is 0 Å². The van der Waals surface area contributed by atoms with Gasteiger partial charge in [-0.3, -0.25) is 9.97 Å². The molecule has 0 atom stereocenters. The molecule has 10 heteroatoms. The predicted octanol–water partition coefficient (Wildman–Crippen LogP) is 11.2. The first kappa shape index (κ1) is 32.3. The average molecular weight is 689 g/mol. The minimum absolute atomic E-state index is 0.0418. The van der Waals surface area contributed by atoms with E-state index in [4.69, 9.17) is 4.98 Å². The third kappa shape index (κ3) is 5.16. The maximum absolute atomic E-state index is 15.5. The van der Waals surface area contributed by atoms with Gasteiger partial charge in [0.25, 0.3) is 0 Å². The van der Waals surface area contributed by atoms with Gasteiger partial charge < -0.3 is 0 Å². The maximum Gasteiger partial charge on any atom is 0.411 e. The molecule has 8 aromatic rings. The van der Waals surface area contributed by atoms with Crippen LogP contribution in [0.5, 0.6) is 0 Å². The summed E-state index contributed by atoms with van der Waals surface area (Å²) in [5.74, 6) is 0. The lowest BCUT2D eigenvalue weighted by atomic mass is 9.70. The van der Waals surface area contributed by atoms with Crippen LogP contribution in [-0.4, -0.2) is 32.3 Å². The molecular weight excluding hydrogens is 662 g/mol. The Kier molecular flexibility index (Phi) is 7.34. The molecule has 0 bridgehead atoms. The highest BCUT2D eigenvalue weighted by Gasteiger charge is 2.73. The number of nitrogens with zero attached hydrogens (tertiary/aromatic N) is 4. The van der Waals surface area contributed by atoms with Crippen molar-refractivity contribution >= 4 is 43.6 Å². The van der Waals surface area contributed by atoms with E-state index in [1.165, 1.54) is 36.4 Å². The standard InChI is InChI=1S/C41H26F6N4/c1-23-7-9-26-11-13-28-17-21-33(50-37(28)35(26)48-23)25-15-19-30(20-16-25)39(40(42,43)44,41(45,46)47)32-6-4-3-5-31(32)34-22-18-29-14-12-27-10-8-24(2)49-36(27)38(29)51-34/h3-22H,1-2H3. The molecule has 8 rings (SSSR count). The zero-order valence-corrected chi connectivity index (χ0v) is 27.1. The SMILES string of the molecule is Cc1ccc2ccc3ccc(-c4ccc(C(c5ccccc5-c5ccc6ccc7ccc(C)nc7c6n5)(C(F)(F)F)C(F)(F)F)cc4)nc3c2n1. The van der Waals surface area contributed by atoms with Gasteiger partial charge in [-0.05, 0) is 49.2 Å². The average Bonchev–Trinajstić information content (AvgIpc) is 3.10. The molecule has 0 spiro atoms. The highest BCUT2D eigenvalue weighted by molar-refractivity contribution is 6.04. The Morgan fingerprint density at radius 1 is 0.412 bits per heavy atom. The fraction of sp³-hybridized carbons (Fsp3) is 0.122. The quantitative estimate of drug-likeness (QED) is 0.136. The Balaban J connectivity index is 1.31. The topological polar surface area (TPSA) is 51.6 Å². The van der Waals surface area contributed by atoms with E-state index >= 15 is 26.3 Å². The molecule has 0 fully saturated rings. The molecule has 0 saturated carbocycles.